The van der Waals surface area contributed by atoms with Crippen molar-refractivity contribution >= 4 is 16.8 Å². The van der Waals surface area contributed by atoms with Gasteiger partial charge < -0.3 is 14.6 Å². The molecule has 5 heteroatoms. The number of unbranched alkanes of at least 4 members (excludes halogenated alkanes) is 1. The third-order valence-electron chi connectivity index (χ3n) is 4.58. The van der Waals surface area contributed by atoms with E-state index in [0.29, 0.717) is 23.4 Å². The topological polar surface area (TPSA) is 62.4 Å². The molecule has 0 saturated heterocycles. The van der Waals surface area contributed by atoms with Crippen LogP contribution < -0.4 is 10.3 Å². The van der Waals surface area contributed by atoms with E-state index in [0.717, 1.165) is 23.7 Å². The number of H-pyrrole nitrogens is 1. The van der Waals surface area contributed by atoms with Crippen LogP contribution in [0.5, 0.6) is 5.75 Å². The quantitative estimate of drug-likeness (QED) is 0.690. The molecule has 27 heavy (non-hydrogen) atoms. The van der Waals surface area contributed by atoms with Gasteiger partial charge in [-0.25, -0.2) is 0 Å². The standard InChI is InChI=1S/C22H24N2O3/c1-3-4-12-24(22(26)17-9-7-10-19(14-17)27-2)15-18-13-16-8-5-6-11-20(16)23-21(18)25/h5-11,13-14H,3-4,12,15H2,1-2H3,(H,23,25). The largest absolute Gasteiger partial charge is 0.497 e. The van der Waals surface area contributed by atoms with Gasteiger partial charge in [-0.3, -0.25) is 9.59 Å². The third kappa shape index (κ3) is 4.37. The second-order valence-electron chi connectivity index (χ2n) is 6.52. The summed E-state index contributed by atoms with van der Waals surface area (Å²) < 4.78 is 5.23. The zero-order valence-corrected chi connectivity index (χ0v) is 15.7. The lowest BCUT2D eigenvalue weighted by atomic mass is 10.1. The molecule has 3 rings (SSSR count). The van der Waals surface area contributed by atoms with Crippen LogP contribution in [0.4, 0.5) is 0 Å². The van der Waals surface area contributed by atoms with Crippen molar-refractivity contribution in [3.8, 4) is 5.75 Å². The molecule has 1 heterocycles. The van der Waals surface area contributed by atoms with Crippen molar-refractivity contribution in [1.82, 2.24) is 9.88 Å². The minimum atomic E-state index is -0.159. The first-order chi connectivity index (χ1) is 13.1. The number of methoxy groups -OCH3 is 1. The molecule has 1 amide bonds. The molecule has 0 aliphatic heterocycles. The smallest absolute Gasteiger partial charge is 0.254 e. The molecule has 0 unspecified atom stereocenters. The molecule has 0 spiro atoms. The molecule has 0 radical (unpaired) electrons. The fraction of sp³-hybridized carbons (Fsp3) is 0.273. The number of amides is 1. The summed E-state index contributed by atoms with van der Waals surface area (Å²) in [5.74, 6) is 0.537. The Hall–Kier alpha value is -3.08. The van der Waals surface area contributed by atoms with Gasteiger partial charge in [-0.05, 0) is 42.1 Å². The van der Waals surface area contributed by atoms with Gasteiger partial charge in [0, 0.05) is 23.2 Å². The summed E-state index contributed by atoms with van der Waals surface area (Å²) in [5.41, 5.74) is 1.78. The number of fused-ring (bicyclic) bond motifs is 1. The van der Waals surface area contributed by atoms with Crippen molar-refractivity contribution in [3.63, 3.8) is 0 Å². The van der Waals surface area contributed by atoms with Crippen LogP contribution in [0.15, 0.2) is 59.4 Å². The highest BCUT2D eigenvalue weighted by atomic mass is 16.5. The van der Waals surface area contributed by atoms with Gasteiger partial charge in [0.25, 0.3) is 11.5 Å². The van der Waals surface area contributed by atoms with Crippen LogP contribution >= 0.6 is 0 Å². The number of pyridine rings is 1. The van der Waals surface area contributed by atoms with Crippen molar-refractivity contribution < 1.29 is 9.53 Å². The number of carbonyl (C=O) groups is 1. The Bertz CT molecular complexity index is 994. The maximum atomic E-state index is 13.1. The lowest BCUT2D eigenvalue weighted by molar-refractivity contribution is 0.0740. The Kier molecular flexibility index (Phi) is 5.91. The van der Waals surface area contributed by atoms with Gasteiger partial charge in [-0.2, -0.15) is 0 Å². The Morgan fingerprint density at radius 1 is 1.11 bits per heavy atom. The average Bonchev–Trinajstić information content (AvgIpc) is 2.70. The summed E-state index contributed by atoms with van der Waals surface area (Å²) in [4.78, 5) is 30.2. The first-order valence-corrected chi connectivity index (χ1v) is 9.16. The van der Waals surface area contributed by atoms with Crippen LogP contribution in [0, 0.1) is 0 Å². The van der Waals surface area contributed by atoms with Crippen molar-refractivity contribution in [2.24, 2.45) is 0 Å². The average molecular weight is 364 g/mol. The molecule has 0 fully saturated rings. The van der Waals surface area contributed by atoms with Crippen LogP contribution in [0.1, 0.15) is 35.7 Å². The van der Waals surface area contributed by atoms with Gasteiger partial charge >= 0.3 is 0 Å². The summed E-state index contributed by atoms with van der Waals surface area (Å²) in [5, 5.41) is 0.955. The minimum Gasteiger partial charge on any atom is -0.497 e. The maximum Gasteiger partial charge on any atom is 0.254 e. The van der Waals surface area contributed by atoms with Gasteiger partial charge in [-0.15, -0.1) is 0 Å². The van der Waals surface area contributed by atoms with Crippen LogP contribution in [0.3, 0.4) is 0 Å². The van der Waals surface area contributed by atoms with E-state index in [1.165, 1.54) is 0 Å². The molecule has 0 bridgehead atoms. The first kappa shape index (κ1) is 18.7. The molecule has 1 aromatic heterocycles. The number of ether oxygens (including phenoxy) is 1. The molecule has 0 atom stereocenters. The van der Waals surface area contributed by atoms with Crippen molar-refractivity contribution in [2.75, 3.05) is 13.7 Å². The summed E-state index contributed by atoms with van der Waals surface area (Å²) in [6, 6.07) is 16.6. The number of rotatable bonds is 7. The molecule has 140 valence electrons. The number of para-hydroxylation sites is 1. The first-order valence-electron chi connectivity index (χ1n) is 9.16. The van der Waals surface area contributed by atoms with E-state index in [1.807, 2.05) is 30.3 Å². The third-order valence-corrected chi connectivity index (χ3v) is 4.58. The van der Waals surface area contributed by atoms with E-state index in [2.05, 4.69) is 11.9 Å². The number of carbonyl (C=O) groups excluding carboxylic acids is 1. The summed E-state index contributed by atoms with van der Waals surface area (Å²) in [6.07, 6.45) is 1.84. The lowest BCUT2D eigenvalue weighted by Gasteiger charge is -2.23. The number of aromatic amines is 1. The highest BCUT2D eigenvalue weighted by molar-refractivity contribution is 5.94. The number of hydrogen-bond acceptors (Lipinski definition) is 3. The van der Waals surface area contributed by atoms with E-state index in [1.54, 1.807) is 36.3 Å². The molecule has 0 aliphatic rings. The number of aromatic nitrogens is 1. The van der Waals surface area contributed by atoms with Gasteiger partial charge in [-0.1, -0.05) is 37.6 Å². The van der Waals surface area contributed by atoms with Gasteiger partial charge in [0.15, 0.2) is 0 Å². The molecule has 2 aromatic carbocycles. The predicted molar refractivity (Wildman–Crippen MR) is 107 cm³/mol. The lowest BCUT2D eigenvalue weighted by Crippen LogP contribution is -2.33. The molecule has 3 aromatic rings. The Balaban J connectivity index is 1.92. The fourth-order valence-electron chi connectivity index (χ4n) is 3.06. The van der Waals surface area contributed by atoms with Crippen LogP contribution in [0.25, 0.3) is 10.9 Å². The molecular weight excluding hydrogens is 340 g/mol. The minimum absolute atomic E-state index is 0.102. The van der Waals surface area contributed by atoms with Gasteiger partial charge in [0.2, 0.25) is 0 Å². The van der Waals surface area contributed by atoms with Gasteiger partial charge in [0.1, 0.15) is 5.75 Å². The second-order valence-corrected chi connectivity index (χ2v) is 6.52. The van der Waals surface area contributed by atoms with E-state index in [-0.39, 0.29) is 18.0 Å². The van der Waals surface area contributed by atoms with Crippen LogP contribution in [0.2, 0.25) is 0 Å². The molecule has 0 aliphatic carbocycles. The van der Waals surface area contributed by atoms with Gasteiger partial charge in [0.05, 0.1) is 13.7 Å². The van der Waals surface area contributed by atoms with Crippen molar-refractivity contribution in [2.45, 2.75) is 26.3 Å². The second kappa shape index (κ2) is 8.54. The SMILES string of the molecule is CCCCN(Cc1cc2ccccc2[nH]c1=O)C(=O)c1cccc(OC)c1. The zero-order valence-electron chi connectivity index (χ0n) is 15.7. The normalized spacial score (nSPS) is 10.7. The maximum absolute atomic E-state index is 13.1. The zero-order chi connectivity index (χ0) is 19.2. The number of hydrogen-bond donors (Lipinski definition) is 1. The number of nitrogens with zero attached hydrogens (tertiary/aromatic N) is 1. The fourth-order valence-corrected chi connectivity index (χ4v) is 3.06. The van der Waals surface area contributed by atoms with E-state index in [9.17, 15) is 9.59 Å². The van der Waals surface area contributed by atoms with Crippen molar-refractivity contribution in [1.29, 1.82) is 0 Å². The van der Waals surface area contributed by atoms with E-state index < -0.39 is 0 Å². The van der Waals surface area contributed by atoms with Crippen LogP contribution in [-0.4, -0.2) is 29.4 Å². The van der Waals surface area contributed by atoms with E-state index in [4.69, 9.17) is 4.74 Å². The van der Waals surface area contributed by atoms with Crippen LogP contribution in [-0.2, 0) is 6.54 Å². The summed E-state index contributed by atoms with van der Waals surface area (Å²) in [6.45, 7) is 2.95. The molecule has 5 nitrogen and oxygen atoms in total. The highest BCUT2D eigenvalue weighted by Crippen LogP contribution is 2.17. The Morgan fingerprint density at radius 2 is 1.93 bits per heavy atom. The van der Waals surface area contributed by atoms with Crippen molar-refractivity contribution in [3.05, 3.63) is 76.1 Å². The monoisotopic (exact) mass is 364 g/mol. The number of nitrogens with one attached hydrogen (secondary N) is 1. The molecule has 1 N–H and O–H groups in total. The highest BCUT2D eigenvalue weighted by Gasteiger charge is 2.18. The summed E-state index contributed by atoms with van der Waals surface area (Å²) >= 11 is 0. The Labute approximate surface area is 158 Å². The Morgan fingerprint density at radius 3 is 2.70 bits per heavy atom. The summed E-state index contributed by atoms with van der Waals surface area (Å²) in [7, 11) is 1.58. The number of benzene rings is 2. The van der Waals surface area contributed by atoms with E-state index >= 15 is 0 Å². The molecular formula is C22H24N2O3. The predicted octanol–water partition coefficient (Wildman–Crippen LogP) is 3.98. The molecule has 0 saturated carbocycles.